The first-order chi connectivity index (χ1) is 17.9. The number of pyridine rings is 4. The van der Waals surface area contributed by atoms with E-state index < -0.39 is 0 Å². The van der Waals surface area contributed by atoms with Crippen LogP contribution in [0.15, 0.2) is 59.8 Å². The van der Waals surface area contributed by atoms with Crippen LogP contribution >= 0.6 is 11.8 Å². The van der Waals surface area contributed by atoms with Crippen molar-refractivity contribution in [2.24, 2.45) is 0 Å². The number of hydrogen-bond donors (Lipinski definition) is 1. The van der Waals surface area contributed by atoms with Crippen molar-refractivity contribution < 1.29 is 9.53 Å². The third kappa shape index (κ3) is 5.73. The molecule has 1 amide bonds. The number of nitrogens with one attached hydrogen (secondary N) is 1. The van der Waals surface area contributed by atoms with Gasteiger partial charge in [-0.3, -0.25) is 14.8 Å². The summed E-state index contributed by atoms with van der Waals surface area (Å²) < 4.78 is 5.87. The number of thioether (sulfide) groups is 1. The summed E-state index contributed by atoms with van der Waals surface area (Å²) in [6, 6.07) is 13.8. The van der Waals surface area contributed by atoms with Crippen molar-refractivity contribution in [3.05, 3.63) is 71.8 Å². The second-order valence-electron chi connectivity index (χ2n) is 9.30. The fourth-order valence-electron chi connectivity index (χ4n) is 4.52. The van der Waals surface area contributed by atoms with Crippen LogP contribution in [-0.4, -0.2) is 57.4 Å². The van der Waals surface area contributed by atoms with E-state index in [4.69, 9.17) is 14.7 Å². The summed E-state index contributed by atoms with van der Waals surface area (Å²) in [4.78, 5) is 34.5. The van der Waals surface area contributed by atoms with Crippen LogP contribution in [0.1, 0.15) is 35.6 Å². The number of carbonyl (C=O) groups excluding carboxylic acids is 1. The number of aryl methyl sites for hydroxylation is 1. The Hall–Kier alpha value is -3.56. The highest BCUT2D eigenvalue weighted by Crippen LogP contribution is 2.24. The maximum Gasteiger partial charge on any atom is 0.253 e. The molecule has 0 aromatic carbocycles. The van der Waals surface area contributed by atoms with Crippen LogP contribution in [0.2, 0.25) is 0 Å². The molecule has 0 bridgehead atoms. The van der Waals surface area contributed by atoms with Crippen LogP contribution in [0.3, 0.4) is 0 Å². The van der Waals surface area contributed by atoms with Gasteiger partial charge in [0.25, 0.3) is 5.91 Å². The first-order valence-electron chi connectivity index (χ1n) is 12.3. The Morgan fingerprint density at radius 2 is 1.84 bits per heavy atom. The minimum absolute atomic E-state index is 0.161. The molecule has 0 radical (unpaired) electrons. The van der Waals surface area contributed by atoms with E-state index in [-0.39, 0.29) is 18.1 Å². The van der Waals surface area contributed by atoms with Gasteiger partial charge in [-0.25, -0.2) is 9.97 Å². The summed E-state index contributed by atoms with van der Waals surface area (Å²) in [5.41, 5.74) is 4.59. The molecule has 2 atom stereocenters. The molecule has 0 unspecified atom stereocenters. The topological polar surface area (TPSA) is 93.1 Å². The van der Waals surface area contributed by atoms with Gasteiger partial charge in [-0.2, -0.15) is 0 Å². The highest BCUT2D eigenvalue weighted by molar-refractivity contribution is 7.98. The minimum atomic E-state index is -0.181. The van der Waals surface area contributed by atoms with Crippen molar-refractivity contribution in [2.75, 3.05) is 24.2 Å². The predicted octanol–water partition coefficient (Wildman–Crippen LogP) is 4.66. The number of amides is 1. The lowest BCUT2D eigenvalue weighted by Gasteiger charge is -2.36. The molecule has 0 saturated carbocycles. The average molecular weight is 515 g/mol. The molecule has 8 nitrogen and oxygen atoms in total. The molecule has 37 heavy (non-hydrogen) atoms. The van der Waals surface area contributed by atoms with Crippen LogP contribution in [0.4, 0.5) is 5.82 Å². The number of morpholine rings is 1. The molecule has 1 aliphatic rings. The molecule has 4 aromatic rings. The molecule has 5 rings (SSSR count). The number of aromatic nitrogens is 4. The lowest BCUT2D eigenvalue weighted by molar-refractivity contribution is -0.00545. The quantitative estimate of drug-likeness (QED) is 0.372. The molecule has 1 saturated heterocycles. The molecule has 190 valence electrons. The van der Waals surface area contributed by atoms with E-state index in [1.165, 1.54) is 0 Å². The molecule has 1 fully saturated rings. The van der Waals surface area contributed by atoms with E-state index in [2.05, 4.69) is 34.0 Å². The minimum Gasteiger partial charge on any atom is -0.372 e. The number of nitrogens with zero attached hydrogens (tertiary/aromatic N) is 5. The van der Waals surface area contributed by atoms with E-state index in [0.717, 1.165) is 57.5 Å². The fraction of sp³-hybridized carbons (Fsp3) is 0.321. The van der Waals surface area contributed by atoms with Crippen molar-refractivity contribution in [1.82, 2.24) is 25.3 Å². The SMILES string of the molecule is CSc1cc(C(=O)NCc2cc3nc(-c4cccc(N5C[C@@H](C)O[C@@H](C)C5)n4)ccc3cn2)cnc1C. The summed E-state index contributed by atoms with van der Waals surface area (Å²) in [5.74, 6) is 0.744. The highest BCUT2D eigenvalue weighted by atomic mass is 32.2. The van der Waals surface area contributed by atoms with E-state index >= 15 is 0 Å². The number of hydrogen-bond acceptors (Lipinski definition) is 8. The molecule has 9 heteroatoms. The number of fused-ring (bicyclic) bond motifs is 1. The number of anilines is 1. The Bertz CT molecular complexity index is 1440. The molecule has 4 aromatic heterocycles. The third-order valence-electron chi connectivity index (χ3n) is 6.32. The lowest BCUT2D eigenvalue weighted by atomic mass is 10.1. The van der Waals surface area contributed by atoms with Crippen molar-refractivity contribution in [1.29, 1.82) is 0 Å². The van der Waals surface area contributed by atoms with Crippen LogP contribution < -0.4 is 10.2 Å². The van der Waals surface area contributed by atoms with Gasteiger partial charge in [-0.1, -0.05) is 6.07 Å². The summed E-state index contributed by atoms with van der Waals surface area (Å²) in [5, 5.41) is 3.87. The Morgan fingerprint density at radius 1 is 1.05 bits per heavy atom. The summed E-state index contributed by atoms with van der Waals surface area (Å²) in [6.45, 7) is 8.02. The van der Waals surface area contributed by atoms with E-state index in [0.29, 0.717) is 12.1 Å². The first-order valence-corrected chi connectivity index (χ1v) is 13.5. The summed E-state index contributed by atoms with van der Waals surface area (Å²) in [6.07, 6.45) is 5.68. The van der Waals surface area contributed by atoms with Gasteiger partial charge in [0.15, 0.2) is 0 Å². The van der Waals surface area contributed by atoms with Crippen molar-refractivity contribution >= 4 is 34.4 Å². The Morgan fingerprint density at radius 3 is 2.62 bits per heavy atom. The first kappa shape index (κ1) is 25.1. The molecular weight excluding hydrogens is 484 g/mol. The maximum absolute atomic E-state index is 12.7. The Labute approximate surface area is 220 Å². The predicted molar refractivity (Wildman–Crippen MR) is 147 cm³/mol. The third-order valence-corrected chi connectivity index (χ3v) is 7.18. The van der Waals surface area contributed by atoms with Gasteiger partial charge < -0.3 is 15.0 Å². The number of rotatable bonds is 6. The highest BCUT2D eigenvalue weighted by Gasteiger charge is 2.23. The molecule has 0 spiro atoms. The van der Waals surface area contributed by atoms with Crippen molar-refractivity contribution in [3.63, 3.8) is 0 Å². The van der Waals surface area contributed by atoms with Gasteiger partial charge >= 0.3 is 0 Å². The summed E-state index contributed by atoms with van der Waals surface area (Å²) in [7, 11) is 0. The van der Waals surface area contributed by atoms with Gasteiger partial charge in [-0.05, 0) is 63.4 Å². The van der Waals surface area contributed by atoms with Gasteiger partial charge in [0.1, 0.15) is 5.82 Å². The van der Waals surface area contributed by atoms with Gasteiger partial charge in [0.05, 0.1) is 52.6 Å². The molecular formula is C28H30N6O2S. The van der Waals surface area contributed by atoms with Crippen LogP contribution in [0.25, 0.3) is 22.3 Å². The average Bonchev–Trinajstić information content (AvgIpc) is 2.91. The van der Waals surface area contributed by atoms with Crippen LogP contribution in [0, 0.1) is 6.92 Å². The van der Waals surface area contributed by atoms with Crippen molar-refractivity contribution in [2.45, 2.75) is 44.4 Å². The van der Waals surface area contributed by atoms with Gasteiger partial charge in [0.2, 0.25) is 0 Å². The van der Waals surface area contributed by atoms with Gasteiger partial charge in [0, 0.05) is 35.8 Å². The molecule has 1 N–H and O–H groups in total. The fourth-order valence-corrected chi connectivity index (χ4v) is 5.11. The summed E-state index contributed by atoms with van der Waals surface area (Å²) >= 11 is 1.57. The largest absolute Gasteiger partial charge is 0.372 e. The number of ether oxygens (including phenoxy) is 1. The zero-order valence-corrected chi connectivity index (χ0v) is 22.2. The monoisotopic (exact) mass is 514 g/mol. The van der Waals surface area contributed by atoms with Gasteiger partial charge in [-0.15, -0.1) is 11.8 Å². The van der Waals surface area contributed by atoms with E-state index in [1.807, 2.05) is 55.6 Å². The zero-order chi connectivity index (χ0) is 25.9. The van der Waals surface area contributed by atoms with Crippen LogP contribution in [-0.2, 0) is 11.3 Å². The Balaban J connectivity index is 1.34. The molecule has 0 aliphatic carbocycles. The maximum atomic E-state index is 12.7. The van der Waals surface area contributed by atoms with Crippen LogP contribution in [0.5, 0.6) is 0 Å². The Kier molecular flexibility index (Phi) is 7.34. The van der Waals surface area contributed by atoms with E-state index in [1.54, 1.807) is 24.2 Å². The lowest BCUT2D eigenvalue weighted by Crippen LogP contribution is -2.45. The molecule has 1 aliphatic heterocycles. The van der Waals surface area contributed by atoms with Crippen molar-refractivity contribution in [3.8, 4) is 11.4 Å². The van der Waals surface area contributed by atoms with E-state index in [9.17, 15) is 4.79 Å². The second-order valence-corrected chi connectivity index (χ2v) is 10.2. The smallest absolute Gasteiger partial charge is 0.253 e. The standard InChI is InChI=1S/C28H30N6O2S/c1-17-15-34(16-18(2)36-17)27-7-5-6-23(33-27)24-9-8-20-12-30-22(11-25(20)32-24)14-31-28(35)21-10-26(37-4)19(3)29-13-21/h5-13,17-18H,14-16H2,1-4H3,(H,31,35)/t17-,18+. The number of carbonyl (C=O) groups is 1. The normalized spacial score (nSPS) is 17.7. The molecule has 5 heterocycles. The zero-order valence-electron chi connectivity index (χ0n) is 21.4. The second kappa shape index (κ2) is 10.8.